The van der Waals surface area contributed by atoms with E-state index in [1.807, 2.05) is 6.92 Å². The number of carboxylic acid groups (broad SMARTS) is 1. The van der Waals surface area contributed by atoms with Gasteiger partial charge < -0.3 is 15.1 Å². The predicted octanol–water partition coefficient (Wildman–Crippen LogP) is 0.225. The molecule has 0 saturated carbocycles. The standard InChI is InChI=1S/C10H17NO4/c1-2-3-8(12)11-6-4-10(15,5-7-11)9(13)14/h15H,2-7H2,1H3,(H,13,14). The number of rotatable bonds is 3. The van der Waals surface area contributed by atoms with E-state index >= 15 is 0 Å². The molecule has 1 aliphatic heterocycles. The Morgan fingerprint density at radius 1 is 1.33 bits per heavy atom. The van der Waals surface area contributed by atoms with Crippen LogP contribution in [0.25, 0.3) is 0 Å². The third kappa shape index (κ3) is 2.68. The second-order valence-electron chi connectivity index (χ2n) is 3.97. The summed E-state index contributed by atoms with van der Waals surface area (Å²) in [5.74, 6) is -1.14. The monoisotopic (exact) mass is 215 g/mol. The minimum Gasteiger partial charge on any atom is -0.479 e. The van der Waals surface area contributed by atoms with E-state index in [0.29, 0.717) is 19.5 Å². The smallest absolute Gasteiger partial charge is 0.335 e. The Morgan fingerprint density at radius 3 is 2.27 bits per heavy atom. The van der Waals surface area contributed by atoms with E-state index in [4.69, 9.17) is 5.11 Å². The number of amides is 1. The molecule has 0 aromatic heterocycles. The van der Waals surface area contributed by atoms with Crippen LogP contribution in [0.2, 0.25) is 0 Å². The van der Waals surface area contributed by atoms with Gasteiger partial charge in [-0.25, -0.2) is 4.79 Å². The first-order valence-electron chi connectivity index (χ1n) is 5.23. The van der Waals surface area contributed by atoms with Crippen molar-refractivity contribution in [1.29, 1.82) is 0 Å². The van der Waals surface area contributed by atoms with Crippen molar-refractivity contribution < 1.29 is 19.8 Å². The first-order chi connectivity index (χ1) is 6.99. The Bertz CT molecular complexity index is 256. The number of carboxylic acids is 1. The molecule has 1 fully saturated rings. The van der Waals surface area contributed by atoms with Gasteiger partial charge in [0.1, 0.15) is 0 Å². The first kappa shape index (κ1) is 12.0. The van der Waals surface area contributed by atoms with Gasteiger partial charge in [-0.2, -0.15) is 0 Å². The lowest BCUT2D eigenvalue weighted by molar-refractivity contribution is -0.165. The lowest BCUT2D eigenvalue weighted by Crippen LogP contribution is -2.50. The van der Waals surface area contributed by atoms with E-state index in [9.17, 15) is 14.7 Å². The summed E-state index contributed by atoms with van der Waals surface area (Å²) in [5.41, 5.74) is -1.64. The highest BCUT2D eigenvalue weighted by Crippen LogP contribution is 2.22. The SMILES string of the molecule is CCCC(=O)N1CCC(O)(C(=O)O)CC1. The number of nitrogens with zero attached hydrogens (tertiary/aromatic N) is 1. The summed E-state index contributed by atoms with van der Waals surface area (Å²) >= 11 is 0. The van der Waals surface area contributed by atoms with Gasteiger partial charge >= 0.3 is 5.97 Å². The van der Waals surface area contributed by atoms with Crippen molar-refractivity contribution in [2.45, 2.75) is 38.2 Å². The fourth-order valence-electron chi connectivity index (χ4n) is 1.71. The second-order valence-corrected chi connectivity index (χ2v) is 3.97. The van der Waals surface area contributed by atoms with E-state index in [2.05, 4.69) is 0 Å². The third-order valence-corrected chi connectivity index (χ3v) is 2.81. The number of carbonyl (C=O) groups is 2. The Hall–Kier alpha value is -1.10. The molecule has 0 radical (unpaired) electrons. The summed E-state index contributed by atoms with van der Waals surface area (Å²) in [5, 5.41) is 18.4. The van der Waals surface area contributed by atoms with Crippen LogP contribution in [0.3, 0.4) is 0 Å². The van der Waals surface area contributed by atoms with Gasteiger partial charge in [-0.15, -0.1) is 0 Å². The number of carbonyl (C=O) groups excluding carboxylic acids is 1. The number of hydrogen-bond acceptors (Lipinski definition) is 3. The highest BCUT2D eigenvalue weighted by atomic mass is 16.4. The zero-order valence-electron chi connectivity index (χ0n) is 8.90. The summed E-state index contributed by atoms with van der Waals surface area (Å²) in [6.07, 6.45) is 1.53. The number of hydrogen-bond donors (Lipinski definition) is 2. The summed E-state index contributed by atoms with van der Waals surface area (Å²) in [4.78, 5) is 23.8. The molecule has 2 N–H and O–H groups in total. The summed E-state index contributed by atoms with van der Waals surface area (Å²) in [6, 6.07) is 0. The molecule has 0 atom stereocenters. The molecule has 0 unspecified atom stereocenters. The maximum absolute atomic E-state index is 11.5. The minimum absolute atomic E-state index is 0.0462. The number of aliphatic carboxylic acids is 1. The molecule has 1 heterocycles. The van der Waals surface area contributed by atoms with Crippen LogP contribution in [-0.4, -0.2) is 45.7 Å². The Kier molecular flexibility index (Phi) is 3.68. The average Bonchev–Trinajstić information content (AvgIpc) is 2.19. The van der Waals surface area contributed by atoms with E-state index in [1.165, 1.54) is 0 Å². The fourth-order valence-corrected chi connectivity index (χ4v) is 1.71. The lowest BCUT2D eigenvalue weighted by atomic mass is 9.91. The molecule has 0 bridgehead atoms. The van der Waals surface area contributed by atoms with Gasteiger partial charge in [0.25, 0.3) is 0 Å². The van der Waals surface area contributed by atoms with Crippen LogP contribution in [0.4, 0.5) is 0 Å². The number of piperidine rings is 1. The van der Waals surface area contributed by atoms with Gasteiger partial charge in [0.05, 0.1) is 0 Å². The largest absolute Gasteiger partial charge is 0.479 e. The van der Waals surface area contributed by atoms with E-state index < -0.39 is 11.6 Å². The topological polar surface area (TPSA) is 77.8 Å². The van der Waals surface area contributed by atoms with Crippen molar-refractivity contribution in [3.05, 3.63) is 0 Å². The van der Waals surface area contributed by atoms with Crippen LogP contribution in [0.5, 0.6) is 0 Å². The third-order valence-electron chi connectivity index (χ3n) is 2.81. The van der Waals surface area contributed by atoms with E-state index in [0.717, 1.165) is 6.42 Å². The Morgan fingerprint density at radius 2 is 1.87 bits per heavy atom. The van der Waals surface area contributed by atoms with E-state index in [-0.39, 0.29) is 18.7 Å². The molecule has 5 heteroatoms. The molecule has 0 aromatic carbocycles. The molecule has 0 aromatic rings. The summed E-state index contributed by atoms with van der Waals surface area (Å²) in [7, 11) is 0. The Labute approximate surface area is 88.7 Å². The normalized spacial score (nSPS) is 20.0. The molecule has 0 aliphatic carbocycles. The molecule has 15 heavy (non-hydrogen) atoms. The van der Waals surface area contributed by atoms with Crippen LogP contribution in [0, 0.1) is 0 Å². The zero-order valence-corrected chi connectivity index (χ0v) is 8.90. The van der Waals surface area contributed by atoms with Gasteiger partial charge in [0, 0.05) is 32.4 Å². The minimum atomic E-state index is -1.64. The summed E-state index contributed by atoms with van der Waals surface area (Å²) < 4.78 is 0. The van der Waals surface area contributed by atoms with Crippen molar-refractivity contribution in [3.63, 3.8) is 0 Å². The van der Waals surface area contributed by atoms with Gasteiger partial charge in [-0.1, -0.05) is 6.92 Å². The number of likely N-dealkylation sites (tertiary alicyclic amines) is 1. The molecule has 1 amide bonds. The molecule has 1 rings (SSSR count). The lowest BCUT2D eigenvalue weighted by Gasteiger charge is -2.35. The molecular formula is C10H17NO4. The summed E-state index contributed by atoms with van der Waals surface area (Å²) in [6.45, 7) is 2.60. The molecule has 86 valence electrons. The van der Waals surface area contributed by atoms with Crippen LogP contribution in [-0.2, 0) is 9.59 Å². The van der Waals surface area contributed by atoms with Crippen molar-refractivity contribution in [3.8, 4) is 0 Å². The molecule has 1 aliphatic rings. The highest BCUT2D eigenvalue weighted by Gasteiger charge is 2.40. The van der Waals surface area contributed by atoms with Gasteiger partial charge in [0.2, 0.25) is 5.91 Å². The maximum atomic E-state index is 11.5. The molecule has 1 saturated heterocycles. The quantitative estimate of drug-likeness (QED) is 0.706. The zero-order chi connectivity index (χ0) is 11.5. The van der Waals surface area contributed by atoms with Crippen LogP contribution in [0.1, 0.15) is 32.6 Å². The van der Waals surface area contributed by atoms with Crippen LogP contribution in [0.15, 0.2) is 0 Å². The van der Waals surface area contributed by atoms with Crippen molar-refractivity contribution in [1.82, 2.24) is 4.90 Å². The van der Waals surface area contributed by atoms with Gasteiger partial charge in [0.15, 0.2) is 5.60 Å². The fraction of sp³-hybridized carbons (Fsp3) is 0.800. The van der Waals surface area contributed by atoms with Crippen molar-refractivity contribution in [2.75, 3.05) is 13.1 Å². The molecular weight excluding hydrogens is 198 g/mol. The van der Waals surface area contributed by atoms with Crippen molar-refractivity contribution >= 4 is 11.9 Å². The average molecular weight is 215 g/mol. The van der Waals surface area contributed by atoms with Crippen LogP contribution < -0.4 is 0 Å². The second kappa shape index (κ2) is 4.61. The van der Waals surface area contributed by atoms with Gasteiger partial charge in [-0.3, -0.25) is 4.79 Å². The highest BCUT2D eigenvalue weighted by molar-refractivity contribution is 5.79. The van der Waals surface area contributed by atoms with Crippen LogP contribution >= 0.6 is 0 Å². The van der Waals surface area contributed by atoms with E-state index in [1.54, 1.807) is 4.90 Å². The maximum Gasteiger partial charge on any atom is 0.335 e. The Balaban J connectivity index is 2.49. The molecule has 0 spiro atoms. The van der Waals surface area contributed by atoms with Gasteiger partial charge in [-0.05, 0) is 6.42 Å². The molecule has 5 nitrogen and oxygen atoms in total. The first-order valence-corrected chi connectivity index (χ1v) is 5.23. The predicted molar refractivity (Wildman–Crippen MR) is 53.3 cm³/mol. The number of aliphatic hydroxyl groups is 1. The van der Waals surface area contributed by atoms with Crippen molar-refractivity contribution in [2.24, 2.45) is 0 Å².